The van der Waals surface area contributed by atoms with Crippen molar-refractivity contribution < 1.29 is 4.79 Å². The van der Waals surface area contributed by atoms with Crippen LogP contribution in [-0.2, 0) is 11.2 Å². The van der Waals surface area contributed by atoms with Gasteiger partial charge in [0.25, 0.3) is 5.56 Å². The number of H-pyrrole nitrogens is 1. The fourth-order valence-electron chi connectivity index (χ4n) is 4.40. The highest BCUT2D eigenvalue weighted by atomic mass is 16.2. The van der Waals surface area contributed by atoms with Gasteiger partial charge in [-0.25, -0.2) is 4.98 Å². The van der Waals surface area contributed by atoms with Gasteiger partial charge in [0.1, 0.15) is 0 Å². The van der Waals surface area contributed by atoms with Gasteiger partial charge in [0.05, 0.1) is 12.1 Å². The fraction of sp³-hybridized carbons (Fsp3) is 0.450. The maximum absolute atomic E-state index is 12.8. The number of nitrogen functional groups attached to an aromatic ring is 1. The quantitative estimate of drug-likeness (QED) is 0.608. The van der Waals surface area contributed by atoms with Crippen LogP contribution in [0.5, 0.6) is 0 Å². The highest BCUT2D eigenvalue weighted by molar-refractivity contribution is 5.78. The lowest BCUT2D eigenvalue weighted by Crippen LogP contribution is -2.48. The van der Waals surface area contributed by atoms with Crippen LogP contribution in [0.1, 0.15) is 30.0 Å². The molecule has 3 heterocycles. The third-order valence-electron chi connectivity index (χ3n) is 5.72. The number of amides is 1. The van der Waals surface area contributed by atoms with Crippen molar-refractivity contribution in [2.75, 3.05) is 25.4 Å². The predicted molar refractivity (Wildman–Crippen MR) is 106 cm³/mol. The first kappa shape index (κ1) is 18.6. The molecule has 1 amide bonds. The number of hydrogen-bond donors (Lipinski definition) is 4. The highest BCUT2D eigenvalue weighted by Crippen LogP contribution is 2.31. The van der Waals surface area contributed by atoms with Crippen LogP contribution in [0.2, 0.25) is 0 Å². The Labute approximate surface area is 163 Å². The van der Waals surface area contributed by atoms with Gasteiger partial charge in [-0.1, -0.05) is 30.3 Å². The Morgan fingerprint density at radius 2 is 2.11 bits per heavy atom. The average molecular weight is 382 g/mol. The number of benzene rings is 1. The average Bonchev–Trinajstić information content (AvgIpc) is 3.18. The van der Waals surface area contributed by atoms with Crippen LogP contribution in [-0.4, -0.2) is 46.5 Å². The van der Waals surface area contributed by atoms with Crippen LogP contribution in [0.25, 0.3) is 0 Å². The second-order valence-electron chi connectivity index (χ2n) is 7.61. The van der Waals surface area contributed by atoms with Crippen molar-refractivity contribution in [1.82, 2.24) is 25.7 Å². The molecule has 1 aromatic heterocycles. The molecule has 8 nitrogen and oxygen atoms in total. The number of likely N-dealkylation sites (tertiary alicyclic amines) is 1. The topological polar surface area (TPSA) is 116 Å². The van der Waals surface area contributed by atoms with Crippen molar-refractivity contribution in [3.8, 4) is 0 Å². The second-order valence-corrected chi connectivity index (χ2v) is 7.61. The van der Waals surface area contributed by atoms with Gasteiger partial charge in [-0.3, -0.25) is 25.4 Å². The Morgan fingerprint density at radius 3 is 2.89 bits per heavy atom. The smallest absolute Gasteiger partial charge is 0.252 e. The van der Waals surface area contributed by atoms with Gasteiger partial charge < -0.3 is 10.6 Å². The molecule has 2 fully saturated rings. The zero-order valence-electron chi connectivity index (χ0n) is 15.7. The molecule has 3 unspecified atom stereocenters. The van der Waals surface area contributed by atoms with E-state index in [9.17, 15) is 9.59 Å². The molecule has 0 saturated carbocycles. The van der Waals surface area contributed by atoms with Crippen molar-refractivity contribution >= 4 is 11.9 Å². The molecule has 148 valence electrons. The molecular weight excluding hydrogens is 356 g/mol. The van der Waals surface area contributed by atoms with Gasteiger partial charge >= 0.3 is 0 Å². The van der Waals surface area contributed by atoms with E-state index in [1.165, 1.54) is 11.6 Å². The molecule has 0 bridgehead atoms. The van der Waals surface area contributed by atoms with E-state index in [0.29, 0.717) is 24.1 Å². The fourth-order valence-corrected chi connectivity index (χ4v) is 4.40. The minimum Gasteiger partial charge on any atom is -0.369 e. The van der Waals surface area contributed by atoms with E-state index in [2.05, 4.69) is 45.1 Å². The molecule has 0 spiro atoms. The molecule has 0 aliphatic carbocycles. The van der Waals surface area contributed by atoms with Crippen molar-refractivity contribution in [2.24, 2.45) is 5.92 Å². The number of carbonyl (C=O) groups excluding carboxylic acids is 1. The Balaban J connectivity index is 1.43. The van der Waals surface area contributed by atoms with Crippen LogP contribution in [0, 0.1) is 5.92 Å². The summed E-state index contributed by atoms with van der Waals surface area (Å²) in [6.45, 7) is 2.33. The summed E-state index contributed by atoms with van der Waals surface area (Å²) >= 11 is 0. The summed E-state index contributed by atoms with van der Waals surface area (Å²) in [5, 5.41) is 0. The number of aromatic nitrogens is 2. The predicted octanol–water partition coefficient (Wildman–Crippen LogP) is 0.393. The van der Waals surface area contributed by atoms with Gasteiger partial charge in [0, 0.05) is 37.7 Å². The molecule has 2 aliphatic heterocycles. The molecule has 8 heteroatoms. The molecule has 2 aromatic rings. The number of piperidine rings is 1. The maximum atomic E-state index is 12.8. The monoisotopic (exact) mass is 382 g/mol. The standard InChI is InChI=1S/C20H26N6O2/c21-20-23-15(9-17(27)24-20)10-18(28)26-8-4-7-14(12-26)19-16(11-22-25-19)13-5-2-1-3-6-13/h1-3,5-6,9,14,16,19,22,25H,4,7-8,10-12H2,(H3,21,23,24,27). The highest BCUT2D eigenvalue weighted by Gasteiger charge is 2.37. The molecule has 1 aromatic carbocycles. The van der Waals surface area contributed by atoms with Gasteiger partial charge in [0.15, 0.2) is 0 Å². The van der Waals surface area contributed by atoms with Crippen LogP contribution in [0.15, 0.2) is 41.2 Å². The number of carbonyl (C=O) groups is 1. The largest absolute Gasteiger partial charge is 0.369 e. The normalized spacial score (nSPS) is 25.0. The van der Waals surface area contributed by atoms with Crippen molar-refractivity contribution in [1.29, 1.82) is 0 Å². The first-order valence-corrected chi connectivity index (χ1v) is 9.77. The lowest BCUT2D eigenvalue weighted by molar-refractivity contribution is -0.132. The molecule has 5 N–H and O–H groups in total. The van der Waals surface area contributed by atoms with E-state index < -0.39 is 0 Å². The molecule has 2 aliphatic rings. The third kappa shape index (κ3) is 4.07. The first-order valence-electron chi connectivity index (χ1n) is 9.77. The van der Waals surface area contributed by atoms with Gasteiger partial charge in [0.2, 0.25) is 11.9 Å². The molecule has 4 rings (SSSR count). The summed E-state index contributed by atoms with van der Waals surface area (Å²) in [6, 6.07) is 12.1. The second kappa shape index (κ2) is 8.12. The van der Waals surface area contributed by atoms with Gasteiger partial charge in [-0.2, -0.15) is 0 Å². The molecule has 2 saturated heterocycles. The summed E-state index contributed by atoms with van der Waals surface area (Å²) < 4.78 is 0. The molecule has 3 atom stereocenters. The Kier molecular flexibility index (Phi) is 5.40. The summed E-state index contributed by atoms with van der Waals surface area (Å²) in [7, 11) is 0. The van der Waals surface area contributed by atoms with E-state index in [0.717, 1.165) is 25.9 Å². The summed E-state index contributed by atoms with van der Waals surface area (Å²) in [5.41, 5.74) is 13.7. The van der Waals surface area contributed by atoms with E-state index >= 15 is 0 Å². The Hall–Kier alpha value is -2.71. The molecule has 0 radical (unpaired) electrons. The summed E-state index contributed by atoms with van der Waals surface area (Å²) in [5.74, 6) is 0.786. The van der Waals surface area contributed by atoms with E-state index in [4.69, 9.17) is 5.73 Å². The van der Waals surface area contributed by atoms with Crippen molar-refractivity contribution in [2.45, 2.75) is 31.2 Å². The minimum atomic E-state index is -0.334. The van der Waals surface area contributed by atoms with Gasteiger partial charge in [-0.15, -0.1) is 0 Å². The van der Waals surface area contributed by atoms with Crippen LogP contribution in [0.3, 0.4) is 0 Å². The SMILES string of the molecule is Nc1nc(CC(=O)N2CCCC(C3NNCC3c3ccccc3)C2)cc(=O)[nH]1. The van der Waals surface area contributed by atoms with E-state index in [1.54, 1.807) is 0 Å². The first-order chi connectivity index (χ1) is 13.6. The number of anilines is 1. The van der Waals surface area contributed by atoms with Crippen LogP contribution in [0.4, 0.5) is 5.95 Å². The Morgan fingerprint density at radius 1 is 1.29 bits per heavy atom. The number of hydrazine groups is 1. The molecule has 28 heavy (non-hydrogen) atoms. The molecular formula is C20H26N6O2. The number of hydrogen-bond acceptors (Lipinski definition) is 6. The number of nitrogens with one attached hydrogen (secondary N) is 3. The maximum Gasteiger partial charge on any atom is 0.252 e. The lowest BCUT2D eigenvalue weighted by Gasteiger charge is -2.37. The van der Waals surface area contributed by atoms with E-state index in [1.807, 2.05) is 11.0 Å². The number of nitrogens with zero attached hydrogens (tertiary/aromatic N) is 2. The number of nitrogens with two attached hydrogens (primary N) is 1. The van der Waals surface area contributed by atoms with Crippen molar-refractivity contribution in [3.05, 3.63) is 58.0 Å². The number of aromatic amines is 1. The third-order valence-corrected chi connectivity index (χ3v) is 5.72. The minimum absolute atomic E-state index is 0.00980. The summed E-state index contributed by atoms with van der Waals surface area (Å²) in [6.07, 6.45) is 2.16. The number of rotatable bonds is 4. The van der Waals surface area contributed by atoms with Crippen molar-refractivity contribution in [3.63, 3.8) is 0 Å². The van der Waals surface area contributed by atoms with Gasteiger partial charge in [-0.05, 0) is 24.3 Å². The van der Waals surface area contributed by atoms with Crippen LogP contribution < -0.4 is 22.1 Å². The Bertz CT molecular complexity index is 884. The lowest BCUT2D eigenvalue weighted by atomic mass is 9.81. The van der Waals surface area contributed by atoms with E-state index in [-0.39, 0.29) is 29.9 Å². The summed E-state index contributed by atoms with van der Waals surface area (Å²) in [4.78, 5) is 32.7. The zero-order chi connectivity index (χ0) is 19.5. The zero-order valence-corrected chi connectivity index (χ0v) is 15.7. The van der Waals surface area contributed by atoms with Crippen LogP contribution >= 0.6 is 0 Å².